The molecule has 0 saturated carbocycles. The van der Waals surface area contributed by atoms with Gasteiger partial charge in [-0.15, -0.1) is 0 Å². The first kappa shape index (κ1) is 14.4. The van der Waals surface area contributed by atoms with Gasteiger partial charge >= 0.3 is 0 Å². The number of H-pyrrole nitrogens is 1. The van der Waals surface area contributed by atoms with Gasteiger partial charge in [0.1, 0.15) is 0 Å². The van der Waals surface area contributed by atoms with Crippen LogP contribution in [0, 0.1) is 5.92 Å². The minimum Gasteiger partial charge on any atom is -0.342 e. The van der Waals surface area contributed by atoms with Crippen molar-refractivity contribution in [2.24, 2.45) is 5.92 Å². The third-order valence-corrected chi connectivity index (χ3v) is 5.12. The van der Waals surface area contributed by atoms with Gasteiger partial charge in [0.2, 0.25) is 5.91 Å². The smallest absolute Gasteiger partial charge is 0.226 e. The van der Waals surface area contributed by atoms with E-state index in [2.05, 4.69) is 38.3 Å². The van der Waals surface area contributed by atoms with Crippen LogP contribution >= 0.6 is 0 Å². The first-order chi connectivity index (χ1) is 11.3. The van der Waals surface area contributed by atoms with Gasteiger partial charge in [-0.05, 0) is 44.2 Å². The Morgan fingerprint density at radius 2 is 2.26 bits per heavy atom. The molecular formula is C18H22N4O. The largest absolute Gasteiger partial charge is 0.342 e. The van der Waals surface area contributed by atoms with E-state index in [1.165, 1.54) is 0 Å². The van der Waals surface area contributed by atoms with Crippen LogP contribution in [0.15, 0.2) is 30.5 Å². The Balaban J connectivity index is 1.52. The van der Waals surface area contributed by atoms with Gasteiger partial charge in [0.05, 0.1) is 0 Å². The minimum absolute atomic E-state index is 0.180. The Labute approximate surface area is 135 Å². The van der Waals surface area contributed by atoms with E-state index >= 15 is 0 Å². The number of piperidine rings is 1. The highest BCUT2D eigenvalue weighted by Crippen LogP contribution is 2.31. The van der Waals surface area contributed by atoms with E-state index in [1.807, 2.05) is 6.07 Å². The highest BCUT2D eigenvalue weighted by molar-refractivity contribution is 5.80. The number of nitrogens with one attached hydrogen (secondary N) is 1. The predicted molar refractivity (Wildman–Crippen MR) is 88.9 cm³/mol. The van der Waals surface area contributed by atoms with E-state index in [1.54, 1.807) is 6.20 Å². The minimum atomic E-state index is 0.180. The van der Waals surface area contributed by atoms with Crippen molar-refractivity contribution in [1.29, 1.82) is 0 Å². The Morgan fingerprint density at radius 1 is 1.30 bits per heavy atom. The second-order valence-corrected chi connectivity index (χ2v) is 6.62. The molecule has 2 aromatic heterocycles. The molecule has 1 saturated heterocycles. The van der Waals surface area contributed by atoms with Crippen molar-refractivity contribution < 1.29 is 4.79 Å². The quantitative estimate of drug-likeness (QED) is 0.867. The summed E-state index contributed by atoms with van der Waals surface area (Å²) < 4.78 is 0. The molecule has 1 amide bonds. The number of hydrogen-bond donors (Lipinski definition) is 1. The summed E-state index contributed by atoms with van der Waals surface area (Å²) in [5.74, 6) is 0.848. The van der Waals surface area contributed by atoms with Gasteiger partial charge in [-0.3, -0.25) is 9.89 Å². The second kappa shape index (κ2) is 6.14. The Kier molecular flexibility index (Phi) is 3.85. The standard InChI is InChI=1S/C18H22N4O/c23-18(13-6-2-1-3-7-13)22-11-5-8-14(12-22)16-15-9-4-10-19-17(15)21-20-16/h1-2,4,9-10,13-14H,3,5-8,11-12H2,(H,19,20,21)/t13-,14+/m1/s1. The number of rotatable bonds is 2. The lowest BCUT2D eigenvalue weighted by Crippen LogP contribution is -2.42. The fourth-order valence-electron chi connectivity index (χ4n) is 3.87. The molecule has 5 nitrogen and oxygen atoms in total. The summed E-state index contributed by atoms with van der Waals surface area (Å²) in [7, 11) is 0. The third-order valence-electron chi connectivity index (χ3n) is 5.12. The monoisotopic (exact) mass is 310 g/mol. The van der Waals surface area contributed by atoms with Crippen molar-refractivity contribution in [2.45, 2.75) is 38.0 Å². The number of likely N-dealkylation sites (tertiary alicyclic amines) is 1. The maximum absolute atomic E-state index is 12.8. The van der Waals surface area contributed by atoms with Crippen molar-refractivity contribution in [3.63, 3.8) is 0 Å². The van der Waals surface area contributed by atoms with Gasteiger partial charge in [-0.25, -0.2) is 4.98 Å². The number of fused-ring (bicyclic) bond motifs is 1. The van der Waals surface area contributed by atoms with Crippen molar-refractivity contribution in [3.05, 3.63) is 36.2 Å². The van der Waals surface area contributed by atoms with Gasteiger partial charge in [0.15, 0.2) is 5.65 Å². The Bertz CT molecular complexity index is 735. The molecule has 23 heavy (non-hydrogen) atoms. The van der Waals surface area contributed by atoms with Gasteiger partial charge in [0, 0.05) is 42.2 Å². The van der Waals surface area contributed by atoms with E-state index < -0.39 is 0 Å². The summed E-state index contributed by atoms with van der Waals surface area (Å²) in [6.45, 7) is 1.69. The lowest BCUT2D eigenvalue weighted by molar-refractivity contribution is -0.137. The van der Waals surface area contributed by atoms with E-state index in [4.69, 9.17) is 0 Å². The lowest BCUT2D eigenvalue weighted by Gasteiger charge is -2.35. The number of aromatic nitrogens is 3. The molecule has 4 rings (SSSR count). The van der Waals surface area contributed by atoms with Crippen LogP contribution in [-0.2, 0) is 4.79 Å². The topological polar surface area (TPSA) is 61.9 Å². The summed E-state index contributed by atoms with van der Waals surface area (Å²) in [5, 5.41) is 8.56. The third kappa shape index (κ3) is 2.76. The molecule has 0 aromatic carbocycles. The van der Waals surface area contributed by atoms with Crippen LogP contribution in [0.2, 0.25) is 0 Å². The molecule has 1 N–H and O–H groups in total. The molecule has 5 heteroatoms. The zero-order valence-electron chi connectivity index (χ0n) is 13.2. The first-order valence-corrected chi connectivity index (χ1v) is 8.55. The summed E-state index contributed by atoms with van der Waals surface area (Å²) in [6.07, 6.45) is 11.2. The van der Waals surface area contributed by atoms with Crippen molar-refractivity contribution in [2.75, 3.05) is 13.1 Å². The maximum atomic E-state index is 12.8. The Morgan fingerprint density at radius 3 is 3.13 bits per heavy atom. The highest BCUT2D eigenvalue weighted by Gasteiger charge is 2.30. The zero-order chi connectivity index (χ0) is 15.6. The molecular weight excluding hydrogens is 288 g/mol. The summed E-state index contributed by atoms with van der Waals surface area (Å²) in [4.78, 5) is 19.1. The van der Waals surface area contributed by atoms with Crippen LogP contribution in [0.1, 0.15) is 43.7 Å². The lowest BCUT2D eigenvalue weighted by atomic mass is 9.89. The molecule has 2 aromatic rings. The fourth-order valence-corrected chi connectivity index (χ4v) is 3.87. The SMILES string of the molecule is O=C([C@@H]1CC=CCC1)N1CCC[C@H](c2[nH]nc3ncccc23)C1. The average molecular weight is 310 g/mol. The van der Waals surface area contributed by atoms with Crippen molar-refractivity contribution >= 4 is 16.9 Å². The van der Waals surface area contributed by atoms with Gasteiger partial charge in [-0.1, -0.05) is 12.2 Å². The van der Waals surface area contributed by atoms with Crippen LogP contribution in [0.5, 0.6) is 0 Å². The normalized spacial score (nSPS) is 25.0. The molecule has 2 aliphatic rings. The number of allylic oxidation sites excluding steroid dienone is 2. The van der Waals surface area contributed by atoms with Crippen molar-refractivity contribution in [3.8, 4) is 0 Å². The molecule has 1 aliphatic carbocycles. The number of pyridine rings is 1. The highest BCUT2D eigenvalue weighted by atomic mass is 16.2. The van der Waals surface area contributed by atoms with Crippen molar-refractivity contribution in [1.82, 2.24) is 20.1 Å². The number of amides is 1. The molecule has 2 atom stereocenters. The van der Waals surface area contributed by atoms with Crippen LogP contribution < -0.4 is 0 Å². The molecule has 1 fully saturated rings. The molecule has 120 valence electrons. The summed E-state index contributed by atoms with van der Waals surface area (Å²) in [6, 6.07) is 4.01. The van der Waals surface area contributed by atoms with E-state index in [0.29, 0.717) is 11.8 Å². The van der Waals surface area contributed by atoms with Gasteiger partial charge in [0.25, 0.3) is 0 Å². The van der Waals surface area contributed by atoms with E-state index in [0.717, 1.165) is 61.9 Å². The molecule has 0 unspecified atom stereocenters. The first-order valence-electron chi connectivity index (χ1n) is 8.55. The predicted octanol–water partition coefficient (Wildman–Crippen LogP) is 3.02. The maximum Gasteiger partial charge on any atom is 0.226 e. The van der Waals surface area contributed by atoms with E-state index in [9.17, 15) is 4.79 Å². The number of aromatic amines is 1. The number of carbonyl (C=O) groups is 1. The average Bonchev–Trinajstić information content (AvgIpc) is 3.06. The van der Waals surface area contributed by atoms with Crippen LogP contribution in [0.3, 0.4) is 0 Å². The molecule has 0 bridgehead atoms. The van der Waals surface area contributed by atoms with Crippen LogP contribution in [-0.4, -0.2) is 39.1 Å². The number of nitrogens with zero attached hydrogens (tertiary/aromatic N) is 3. The van der Waals surface area contributed by atoms with Crippen LogP contribution in [0.25, 0.3) is 11.0 Å². The number of carbonyl (C=O) groups excluding carboxylic acids is 1. The fraction of sp³-hybridized carbons (Fsp3) is 0.500. The molecule has 1 aliphatic heterocycles. The second-order valence-electron chi connectivity index (χ2n) is 6.62. The molecule has 0 radical (unpaired) electrons. The summed E-state index contributed by atoms with van der Waals surface area (Å²) in [5.41, 5.74) is 1.90. The molecule has 0 spiro atoms. The zero-order valence-corrected chi connectivity index (χ0v) is 13.2. The van der Waals surface area contributed by atoms with Gasteiger partial charge in [-0.2, -0.15) is 5.10 Å². The van der Waals surface area contributed by atoms with Gasteiger partial charge < -0.3 is 4.90 Å². The molecule has 3 heterocycles. The Hall–Kier alpha value is -2.17. The van der Waals surface area contributed by atoms with E-state index in [-0.39, 0.29) is 5.92 Å². The summed E-state index contributed by atoms with van der Waals surface area (Å²) >= 11 is 0. The van der Waals surface area contributed by atoms with Crippen LogP contribution in [0.4, 0.5) is 0 Å². The number of hydrogen-bond acceptors (Lipinski definition) is 3.